The van der Waals surface area contributed by atoms with Gasteiger partial charge in [0.05, 0.1) is 16.3 Å². The van der Waals surface area contributed by atoms with E-state index in [4.69, 9.17) is 17.3 Å². The van der Waals surface area contributed by atoms with Crippen molar-refractivity contribution in [2.45, 2.75) is 63.7 Å². The molecule has 37 heavy (non-hydrogen) atoms. The van der Waals surface area contributed by atoms with Crippen molar-refractivity contribution >= 4 is 52.0 Å². The van der Waals surface area contributed by atoms with Crippen LogP contribution in [0.2, 0.25) is 0 Å². The highest BCUT2D eigenvalue weighted by Crippen LogP contribution is 2.35. The number of benzene rings is 2. The van der Waals surface area contributed by atoms with Gasteiger partial charge in [0.15, 0.2) is 0 Å². The Morgan fingerprint density at radius 2 is 1.68 bits per heavy atom. The molecule has 1 aliphatic heterocycles. The van der Waals surface area contributed by atoms with Gasteiger partial charge in [-0.05, 0) is 48.9 Å². The van der Waals surface area contributed by atoms with Gasteiger partial charge in [0.1, 0.15) is 4.32 Å². The molecule has 4 nitrogen and oxygen atoms in total. The number of aromatic nitrogens is 2. The number of unbranched alkanes of at least 4 members (excludes halogenated alkanes) is 5. The predicted octanol–water partition coefficient (Wildman–Crippen LogP) is 8.60. The molecule has 0 atom stereocenters. The van der Waals surface area contributed by atoms with Crippen LogP contribution in [-0.4, -0.2) is 37.2 Å². The number of hydrogen-bond acceptors (Lipinski definition) is 5. The van der Waals surface area contributed by atoms with Gasteiger partial charge in [-0.15, -0.1) is 11.8 Å². The van der Waals surface area contributed by atoms with Crippen molar-refractivity contribution in [1.29, 1.82) is 0 Å². The van der Waals surface area contributed by atoms with Gasteiger partial charge in [0.25, 0.3) is 5.91 Å². The summed E-state index contributed by atoms with van der Waals surface area (Å²) in [5.74, 6) is 1.14. The van der Waals surface area contributed by atoms with Crippen LogP contribution in [0.15, 0.2) is 70.6 Å². The number of thioether (sulfide) groups is 2. The number of nitrogens with zero attached hydrogens (tertiary/aromatic N) is 3. The topological polar surface area (TPSA) is 38.1 Å². The van der Waals surface area contributed by atoms with Crippen molar-refractivity contribution in [2.24, 2.45) is 0 Å². The lowest BCUT2D eigenvalue weighted by Crippen LogP contribution is -2.29. The van der Waals surface area contributed by atoms with Gasteiger partial charge in [-0.25, -0.2) is 4.68 Å². The molecule has 2 aromatic carbocycles. The molecular formula is C30H35N3OS3. The first-order chi connectivity index (χ1) is 18.1. The number of para-hydroxylation sites is 1. The maximum Gasteiger partial charge on any atom is 0.266 e. The van der Waals surface area contributed by atoms with Crippen molar-refractivity contribution in [3.63, 3.8) is 0 Å². The maximum atomic E-state index is 13.3. The van der Waals surface area contributed by atoms with Crippen LogP contribution in [0.4, 0.5) is 0 Å². The molecule has 0 spiro atoms. The molecule has 0 unspecified atom stereocenters. The standard InChI is InChI=1S/C30H35N3OS3/c1-3-5-7-8-12-19-32-29(34)27(37-30(32)35)21-24-22-33(25-13-10-9-11-14-25)31-28(24)23-15-17-26(18-16-23)36-20-6-4-2/h9-11,13-18,21-22H,3-8,12,19-20H2,1-2H3/b27-21-. The normalized spacial score (nSPS) is 14.8. The predicted molar refractivity (Wildman–Crippen MR) is 163 cm³/mol. The van der Waals surface area contributed by atoms with Gasteiger partial charge in [0, 0.05) is 28.8 Å². The van der Waals surface area contributed by atoms with E-state index >= 15 is 0 Å². The highest BCUT2D eigenvalue weighted by molar-refractivity contribution is 8.26. The van der Waals surface area contributed by atoms with Crippen molar-refractivity contribution in [3.05, 3.63) is 71.3 Å². The lowest BCUT2D eigenvalue weighted by Gasteiger charge is -2.13. The fourth-order valence-electron chi connectivity index (χ4n) is 4.18. The molecular weight excluding hydrogens is 515 g/mol. The summed E-state index contributed by atoms with van der Waals surface area (Å²) in [6.45, 7) is 5.12. The number of rotatable bonds is 13. The monoisotopic (exact) mass is 549 g/mol. The van der Waals surface area contributed by atoms with Crippen molar-refractivity contribution in [2.75, 3.05) is 12.3 Å². The zero-order valence-corrected chi connectivity index (χ0v) is 24.1. The summed E-state index contributed by atoms with van der Waals surface area (Å²) >= 11 is 8.86. The summed E-state index contributed by atoms with van der Waals surface area (Å²) in [5.41, 5.74) is 3.79. The van der Waals surface area contributed by atoms with E-state index in [9.17, 15) is 4.79 Å². The summed E-state index contributed by atoms with van der Waals surface area (Å²) in [7, 11) is 0. The van der Waals surface area contributed by atoms with Crippen molar-refractivity contribution < 1.29 is 4.79 Å². The molecule has 1 amide bonds. The van der Waals surface area contributed by atoms with Crippen LogP contribution in [0.25, 0.3) is 23.0 Å². The average molecular weight is 550 g/mol. The highest BCUT2D eigenvalue weighted by Gasteiger charge is 2.32. The lowest BCUT2D eigenvalue weighted by molar-refractivity contribution is -0.122. The molecule has 1 aliphatic rings. The van der Waals surface area contributed by atoms with E-state index in [-0.39, 0.29) is 5.91 Å². The molecule has 0 aliphatic carbocycles. The van der Waals surface area contributed by atoms with E-state index in [1.54, 1.807) is 4.90 Å². The Balaban J connectivity index is 1.59. The second kappa shape index (κ2) is 14.0. The lowest BCUT2D eigenvalue weighted by atomic mass is 10.1. The minimum atomic E-state index is 0.00609. The van der Waals surface area contributed by atoms with Crippen LogP contribution >= 0.6 is 35.7 Å². The van der Waals surface area contributed by atoms with E-state index in [1.165, 1.54) is 48.8 Å². The van der Waals surface area contributed by atoms with Crippen LogP contribution in [0, 0.1) is 0 Å². The Hall–Kier alpha value is -2.35. The second-order valence-electron chi connectivity index (χ2n) is 9.19. The first-order valence-corrected chi connectivity index (χ1v) is 15.5. The quantitative estimate of drug-likeness (QED) is 0.0923. The van der Waals surface area contributed by atoms with Gasteiger partial charge < -0.3 is 0 Å². The molecule has 4 rings (SSSR count). The molecule has 1 aromatic heterocycles. The minimum absolute atomic E-state index is 0.00609. The van der Waals surface area contributed by atoms with Crippen LogP contribution in [0.5, 0.6) is 0 Å². The Morgan fingerprint density at radius 1 is 0.946 bits per heavy atom. The van der Waals surface area contributed by atoms with Crippen LogP contribution in [0.1, 0.15) is 64.4 Å². The first kappa shape index (κ1) is 27.7. The van der Waals surface area contributed by atoms with Gasteiger partial charge in [-0.2, -0.15) is 5.10 Å². The summed E-state index contributed by atoms with van der Waals surface area (Å²) in [5, 5.41) is 4.94. The molecule has 194 valence electrons. The highest BCUT2D eigenvalue weighted by atomic mass is 32.2. The summed E-state index contributed by atoms with van der Waals surface area (Å²) in [4.78, 5) is 16.9. The number of carbonyl (C=O) groups excluding carboxylic acids is 1. The zero-order chi connectivity index (χ0) is 26.0. The average Bonchev–Trinajstić information content (AvgIpc) is 3.46. The number of hydrogen-bond donors (Lipinski definition) is 0. The zero-order valence-electron chi connectivity index (χ0n) is 21.7. The van der Waals surface area contributed by atoms with Gasteiger partial charge >= 0.3 is 0 Å². The van der Waals surface area contributed by atoms with Crippen LogP contribution < -0.4 is 0 Å². The molecule has 7 heteroatoms. The smallest absolute Gasteiger partial charge is 0.266 e. The van der Waals surface area contributed by atoms with E-state index < -0.39 is 0 Å². The van der Waals surface area contributed by atoms with Gasteiger partial charge in [0.2, 0.25) is 0 Å². The fraction of sp³-hybridized carbons (Fsp3) is 0.367. The van der Waals surface area contributed by atoms with E-state index in [0.29, 0.717) is 15.8 Å². The number of carbonyl (C=O) groups is 1. The SMILES string of the molecule is CCCCCCCN1C(=O)/C(=C/c2cn(-c3ccccc3)nc2-c2ccc(SCCCC)cc2)SC1=S. The van der Waals surface area contributed by atoms with E-state index in [1.807, 2.05) is 59.0 Å². The first-order valence-electron chi connectivity index (χ1n) is 13.2. The van der Waals surface area contributed by atoms with Crippen molar-refractivity contribution in [3.8, 4) is 16.9 Å². The Morgan fingerprint density at radius 3 is 2.41 bits per heavy atom. The third kappa shape index (κ3) is 7.37. The molecule has 0 N–H and O–H groups in total. The molecule has 0 radical (unpaired) electrons. The summed E-state index contributed by atoms with van der Waals surface area (Å²) in [6.07, 6.45) is 12.2. The third-order valence-electron chi connectivity index (χ3n) is 6.30. The molecule has 2 heterocycles. The molecule has 0 saturated carbocycles. The summed E-state index contributed by atoms with van der Waals surface area (Å²) < 4.78 is 2.54. The van der Waals surface area contributed by atoms with Gasteiger partial charge in [-0.1, -0.05) is 100 Å². The Kier molecular flexibility index (Phi) is 10.5. The number of thiocarbonyl (C=S) groups is 1. The third-order valence-corrected chi connectivity index (χ3v) is 8.78. The van der Waals surface area contributed by atoms with E-state index in [0.717, 1.165) is 41.1 Å². The Labute approximate surface area is 234 Å². The minimum Gasteiger partial charge on any atom is -0.293 e. The molecule has 0 bridgehead atoms. The fourth-order valence-corrected chi connectivity index (χ4v) is 6.48. The van der Waals surface area contributed by atoms with Crippen LogP contribution in [0.3, 0.4) is 0 Å². The van der Waals surface area contributed by atoms with Crippen molar-refractivity contribution in [1.82, 2.24) is 14.7 Å². The Bertz CT molecular complexity index is 1220. The maximum absolute atomic E-state index is 13.3. The molecule has 1 fully saturated rings. The summed E-state index contributed by atoms with van der Waals surface area (Å²) in [6, 6.07) is 18.7. The largest absolute Gasteiger partial charge is 0.293 e. The van der Waals surface area contributed by atoms with Gasteiger partial charge in [-0.3, -0.25) is 9.69 Å². The van der Waals surface area contributed by atoms with Crippen LogP contribution in [-0.2, 0) is 4.79 Å². The second-order valence-corrected chi connectivity index (χ2v) is 12.0. The molecule has 3 aromatic rings. The van der Waals surface area contributed by atoms with E-state index in [2.05, 4.69) is 38.1 Å². The number of amides is 1. The molecule has 1 saturated heterocycles.